The van der Waals surface area contributed by atoms with Crippen LogP contribution in [0, 0.1) is 0 Å². The van der Waals surface area contributed by atoms with Crippen LogP contribution in [0.15, 0.2) is 41.1 Å². The highest BCUT2D eigenvalue weighted by molar-refractivity contribution is 7.16. The van der Waals surface area contributed by atoms with Gasteiger partial charge in [0.15, 0.2) is 0 Å². The highest BCUT2D eigenvalue weighted by Gasteiger charge is 2.42. The molecule has 1 unspecified atom stereocenters. The summed E-state index contributed by atoms with van der Waals surface area (Å²) >= 11 is 1.54. The summed E-state index contributed by atoms with van der Waals surface area (Å²) in [5, 5.41) is 15.4. The zero-order chi connectivity index (χ0) is 19.1. The highest BCUT2D eigenvalue weighted by Crippen LogP contribution is 2.30. The number of hydrogen-bond acceptors (Lipinski definition) is 9. The Labute approximate surface area is 165 Å². The summed E-state index contributed by atoms with van der Waals surface area (Å²) in [7, 11) is 0. The van der Waals surface area contributed by atoms with Crippen molar-refractivity contribution in [3.05, 3.63) is 47.4 Å². The van der Waals surface area contributed by atoms with Crippen LogP contribution in [0.2, 0.25) is 0 Å². The Morgan fingerprint density at radius 2 is 2.29 bits per heavy atom. The van der Waals surface area contributed by atoms with Gasteiger partial charge in [0, 0.05) is 11.8 Å². The van der Waals surface area contributed by atoms with Crippen LogP contribution >= 0.6 is 11.3 Å². The minimum atomic E-state index is -0.279. The molecule has 0 bridgehead atoms. The van der Waals surface area contributed by atoms with Crippen molar-refractivity contribution in [3.63, 3.8) is 0 Å². The number of aliphatic imine (C=N–C) groups is 1. The number of fused-ring (bicyclic) bond motifs is 2. The molecule has 1 fully saturated rings. The molecule has 1 atom stereocenters. The molecular formula is C18H20N8OS. The molecule has 0 amide bonds. The van der Waals surface area contributed by atoms with Crippen LogP contribution in [-0.2, 0) is 13.1 Å². The van der Waals surface area contributed by atoms with E-state index in [0.29, 0.717) is 13.1 Å². The lowest BCUT2D eigenvalue weighted by Crippen LogP contribution is -2.45. The normalized spacial score (nSPS) is 21.7. The van der Waals surface area contributed by atoms with Crippen molar-refractivity contribution in [2.45, 2.75) is 32.0 Å². The summed E-state index contributed by atoms with van der Waals surface area (Å²) in [6.45, 7) is 3.25. The van der Waals surface area contributed by atoms with Crippen LogP contribution in [0.3, 0.4) is 0 Å². The second-order valence-electron chi connectivity index (χ2n) is 7.08. The number of hydrazine groups is 2. The van der Waals surface area contributed by atoms with Crippen molar-refractivity contribution >= 4 is 33.2 Å². The second-order valence-corrected chi connectivity index (χ2v) is 7.91. The Morgan fingerprint density at radius 3 is 3.18 bits per heavy atom. The molecule has 3 aromatic rings. The number of amidine groups is 1. The molecule has 5 rings (SSSR count). The first-order chi connectivity index (χ1) is 13.6. The first-order valence-corrected chi connectivity index (χ1v) is 9.95. The molecule has 5 heterocycles. The van der Waals surface area contributed by atoms with Crippen molar-refractivity contribution in [3.8, 4) is 0 Å². The van der Waals surface area contributed by atoms with Crippen molar-refractivity contribution in [2.24, 2.45) is 4.99 Å². The van der Waals surface area contributed by atoms with Crippen molar-refractivity contribution < 1.29 is 5.11 Å². The molecule has 9 nitrogen and oxygen atoms in total. The van der Waals surface area contributed by atoms with Crippen molar-refractivity contribution in [1.82, 2.24) is 35.7 Å². The molecule has 144 valence electrons. The Hall–Kier alpha value is -2.66. The predicted octanol–water partition coefficient (Wildman–Crippen LogP) is 1.31. The fourth-order valence-electron chi connectivity index (χ4n) is 3.44. The average molecular weight is 396 g/mol. The molecule has 0 aromatic carbocycles. The van der Waals surface area contributed by atoms with Gasteiger partial charge in [0.25, 0.3) is 0 Å². The minimum absolute atomic E-state index is 0.0610. The lowest BCUT2D eigenvalue weighted by molar-refractivity contribution is 0.269. The van der Waals surface area contributed by atoms with Gasteiger partial charge in [-0.2, -0.15) is 10.6 Å². The van der Waals surface area contributed by atoms with E-state index >= 15 is 0 Å². The van der Waals surface area contributed by atoms with E-state index in [2.05, 4.69) is 34.0 Å². The van der Waals surface area contributed by atoms with Crippen LogP contribution in [0.4, 0.5) is 0 Å². The summed E-state index contributed by atoms with van der Waals surface area (Å²) in [5.41, 5.74) is 11.8. The molecule has 2 aliphatic rings. The van der Waals surface area contributed by atoms with Gasteiger partial charge in [0.05, 0.1) is 53.9 Å². The smallest absolute Gasteiger partial charge is 0.143 e. The van der Waals surface area contributed by atoms with Gasteiger partial charge in [-0.15, -0.1) is 11.3 Å². The highest BCUT2D eigenvalue weighted by atomic mass is 32.1. The van der Waals surface area contributed by atoms with Crippen LogP contribution in [0.5, 0.6) is 0 Å². The molecule has 3 aromatic heterocycles. The van der Waals surface area contributed by atoms with Crippen molar-refractivity contribution in [1.29, 1.82) is 0 Å². The van der Waals surface area contributed by atoms with Crippen molar-refractivity contribution in [2.75, 3.05) is 6.61 Å². The fourth-order valence-corrected chi connectivity index (χ4v) is 4.12. The topological polar surface area (TPSA) is 103 Å². The zero-order valence-electron chi connectivity index (χ0n) is 15.3. The maximum atomic E-state index is 9.09. The number of aliphatic hydroxyl groups excluding tert-OH is 1. The Morgan fingerprint density at radius 1 is 1.36 bits per heavy atom. The molecule has 0 aliphatic carbocycles. The number of thiazole rings is 1. The second kappa shape index (κ2) is 6.74. The lowest BCUT2D eigenvalue weighted by atomic mass is 9.93. The Kier molecular flexibility index (Phi) is 4.20. The number of nitrogens with zero attached hydrogens (tertiary/aromatic N) is 6. The number of hydrogen-bond donors (Lipinski definition) is 3. The summed E-state index contributed by atoms with van der Waals surface area (Å²) in [6, 6.07) is 4.00. The van der Waals surface area contributed by atoms with E-state index in [0.717, 1.165) is 39.6 Å². The molecule has 28 heavy (non-hydrogen) atoms. The van der Waals surface area contributed by atoms with E-state index < -0.39 is 0 Å². The van der Waals surface area contributed by atoms with Gasteiger partial charge in [0.1, 0.15) is 10.7 Å². The Bertz CT molecular complexity index is 1090. The van der Waals surface area contributed by atoms with E-state index in [1.165, 1.54) is 0 Å². The maximum Gasteiger partial charge on any atom is 0.143 e. The third kappa shape index (κ3) is 3.00. The lowest BCUT2D eigenvalue weighted by Gasteiger charge is -2.27. The number of aromatic nitrogens is 4. The first-order valence-electron chi connectivity index (χ1n) is 9.07. The van der Waals surface area contributed by atoms with Gasteiger partial charge in [-0.1, -0.05) is 6.08 Å². The zero-order valence-corrected chi connectivity index (χ0v) is 16.1. The van der Waals surface area contributed by atoms with Crippen LogP contribution in [0.1, 0.15) is 24.6 Å². The van der Waals surface area contributed by atoms with E-state index in [4.69, 9.17) is 15.1 Å². The maximum absolute atomic E-state index is 9.09. The average Bonchev–Trinajstić information content (AvgIpc) is 3.41. The summed E-state index contributed by atoms with van der Waals surface area (Å²) in [4.78, 5) is 14.8. The number of aliphatic hydroxyl groups is 1. The Balaban J connectivity index is 1.42. The molecular weight excluding hydrogens is 376 g/mol. The molecule has 1 saturated heterocycles. The van der Waals surface area contributed by atoms with Crippen LogP contribution in [-0.4, -0.2) is 47.8 Å². The molecule has 3 N–H and O–H groups in total. The molecule has 10 heteroatoms. The quantitative estimate of drug-likeness (QED) is 0.597. The van der Waals surface area contributed by atoms with Gasteiger partial charge in [-0.05, 0) is 25.5 Å². The summed E-state index contributed by atoms with van der Waals surface area (Å²) in [6.07, 6.45) is 6.61. The van der Waals surface area contributed by atoms with E-state index in [1.807, 2.05) is 28.8 Å². The first kappa shape index (κ1) is 17.4. The summed E-state index contributed by atoms with van der Waals surface area (Å²) < 4.78 is 1.72. The van der Waals surface area contributed by atoms with Gasteiger partial charge >= 0.3 is 0 Å². The fraction of sp³-hybridized carbons (Fsp3) is 0.333. The monoisotopic (exact) mass is 396 g/mol. The standard InChI is InChI=1S/C18H20N8OS/c1-18-5-4-14(12-8-20-25(9-12)6-7-27)22-17(18)26(24-23-18)10-13-2-3-15-16(21-13)28-11-19-15/h2-4,8-9,11,23-24,27H,5-7,10H2,1H3. The largest absolute Gasteiger partial charge is 0.394 e. The summed E-state index contributed by atoms with van der Waals surface area (Å²) in [5.74, 6) is 0.922. The molecule has 0 saturated carbocycles. The predicted molar refractivity (Wildman–Crippen MR) is 107 cm³/mol. The van der Waals surface area contributed by atoms with Gasteiger partial charge < -0.3 is 5.11 Å². The minimum Gasteiger partial charge on any atom is -0.394 e. The van der Waals surface area contributed by atoms with E-state index in [9.17, 15) is 0 Å². The third-order valence-corrected chi connectivity index (χ3v) is 5.71. The third-order valence-electron chi connectivity index (χ3n) is 4.98. The van der Waals surface area contributed by atoms with Gasteiger partial charge in [-0.25, -0.2) is 20.4 Å². The number of pyridine rings is 1. The number of nitrogens with one attached hydrogen (secondary N) is 2. The van der Waals surface area contributed by atoms with Crippen LogP contribution in [0.25, 0.3) is 16.0 Å². The molecule has 0 radical (unpaired) electrons. The molecule has 2 aliphatic heterocycles. The van der Waals surface area contributed by atoms with Crippen LogP contribution < -0.4 is 11.0 Å². The van der Waals surface area contributed by atoms with E-state index in [-0.39, 0.29) is 12.1 Å². The van der Waals surface area contributed by atoms with Gasteiger partial charge in [0.2, 0.25) is 0 Å². The van der Waals surface area contributed by atoms with E-state index in [1.54, 1.807) is 22.2 Å². The SMILES string of the molecule is CC12CC=C(c3cnn(CCO)c3)N=C1N(Cc1ccc3ncsc3n1)NN2. The number of rotatable bonds is 5. The molecule has 0 spiro atoms. The van der Waals surface area contributed by atoms with Gasteiger partial charge in [-0.3, -0.25) is 9.69 Å².